The fourth-order valence-corrected chi connectivity index (χ4v) is 5.56. The van der Waals surface area contributed by atoms with Crippen LogP contribution in [0.5, 0.6) is 0 Å². The van der Waals surface area contributed by atoms with E-state index in [1.165, 1.54) is 4.31 Å². The summed E-state index contributed by atoms with van der Waals surface area (Å²) in [6, 6.07) is 0. The van der Waals surface area contributed by atoms with Gasteiger partial charge < -0.3 is 5.11 Å². The second-order valence-corrected chi connectivity index (χ2v) is 8.49. The molecule has 18 heavy (non-hydrogen) atoms. The van der Waals surface area contributed by atoms with Gasteiger partial charge in [0.2, 0.25) is 0 Å². The first-order valence-electron chi connectivity index (χ1n) is 5.58. The number of piperidine rings is 1. The van der Waals surface area contributed by atoms with E-state index in [4.69, 9.17) is 11.6 Å². The first-order valence-corrected chi connectivity index (χ1v) is 8.21. The third-order valence-corrected chi connectivity index (χ3v) is 6.64. The van der Waals surface area contributed by atoms with Gasteiger partial charge in [-0.2, -0.15) is 4.31 Å². The van der Waals surface area contributed by atoms with Crippen LogP contribution < -0.4 is 0 Å². The summed E-state index contributed by atoms with van der Waals surface area (Å²) in [5, 5.41) is 9.99. The lowest BCUT2D eigenvalue weighted by Crippen LogP contribution is -2.48. The van der Waals surface area contributed by atoms with E-state index in [0.29, 0.717) is 25.1 Å². The van der Waals surface area contributed by atoms with E-state index in [1.807, 2.05) is 0 Å². The number of hydrogen-bond donors (Lipinski definition) is 1. The van der Waals surface area contributed by atoms with Crippen LogP contribution in [-0.2, 0) is 10.0 Å². The van der Waals surface area contributed by atoms with Crippen molar-refractivity contribution in [3.8, 4) is 0 Å². The Labute approximate surface area is 115 Å². The SMILES string of the molecule is Cc1nc(Cl)sc1S(=O)(=O)N1CCCC(C)(O)C1. The number of nitrogens with zero attached hydrogens (tertiary/aromatic N) is 2. The molecule has 1 N–H and O–H groups in total. The molecule has 1 aliphatic rings. The summed E-state index contributed by atoms with van der Waals surface area (Å²) < 4.78 is 26.6. The summed E-state index contributed by atoms with van der Waals surface area (Å²) in [5.74, 6) is 0. The van der Waals surface area contributed by atoms with Crippen LogP contribution in [0.2, 0.25) is 4.47 Å². The third kappa shape index (κ3) is 2.70. The first-order chi connectivity index (χ1) is 8.22. The van der Waals surface area contributed by atoms with Crippen molar-refractivity contribution in [3.05, 3.63) is 10.2 Å². The van der Waals surface area contributed by atoms with Gasteiger partial charge in [-0.25, -0.2) is 13.4 Å². The number of thiazole rings is 1. The van der Waals surface area contributed by atoms with E-state index < -0.39 is 15.6 Å². The molecule has 1 unspecified atom stereocenters. The average Bonchev–Trinajstić information content (AvgIpc) is 2.57. The molecule has 0 radical (unpaired) electrons. The highest BCUT2D eigenvalue weighted by Crippen LogP contribution is 2.32. The molecule has 0 saturated carbocycles. The third-order valence-electron chi connectivity index (χ3n) is 2.94. The van der Waals surface area contributed by atoms with Crippen molar-refractivity contribution in [1.29, 1.82) is 0 Å². The van der Waals surface area contributed by atoms with Crippen molar-refractivity contribution in [2.75, 3.05) is 13.1 Å². The summed E-state index contributed by atoms with van der Waals surface area (Å²) in [6.07, 6.45) is 1.26. The molecule has 2 heterocycles. The number of rotatable bonds is 2. The number of aromatic nitrogens is 1. The van der Waals surface area contributed by atoms with Crippen LogP contribution in [0.15, 0.2) is 4.21 Å². The van der Waals surface area contributed by atoms with Crippen LogP contribution in [-0.4, -0.2) is 41.5 Å². The fourth-order valence-electron chi connectivity index (χ4n) is 2.09. The van der Waals surface area contributed by atoms with Gasteiger partial charge in [-0.3, -0.25) is 0 Å². The monoisotopic (exact) mass is 310 g/mol. The highest BCUT2D eigenvalue weighted by Gasteiger charge is 2.37. The molecule has 102 valence electrons. The molecular weight excluding hydrogens is 296 g/mol. The lowest BCUT2D eigenvalue weighted by Gasteiger charge is -2.35. The van der Waals surface area contributed by atoms with Crippen molar-refractivity contribution in [2.24, 2.45) is 0 Å². The zero-order valence-electron chi connectivity index (χ0n) is 10.2. The van der Waals surface area contributed by atoms with E-state index in [1.54, 1.807) is 13.8 Å². The van der Waals surface area contributed by atoms with Crippen LogP contribution in [0.4, 0.5) is 0 Å². The van der Waals surface area contributed by atoms with Crippen LogP contribution in [0.25, 0.3) is 0 Å². The van der Waals surface area contributed by atoms with E-state index >= 15 is 0 Å². The van der Waals surface area contributed by atoms with E-state index in [0.717, 1.165) is 11.3 Å². The topological polar surface area (TPSA) is 70.5 Å². The number of aryl methyl sites for hydroxylation is 1. The van der Waals surface area contributed by atoms with Crippen molar-refractivity contribution in [2.45, 2.75) is 36.5 Å². The normalized spacial score (nSPS) is 26.4. The Bertz CT molecular complexity index is 553. The predicted molar refractivity (Wildman–Crippen MR) is 70.5 cm³/mol. The van der Waals surface area contributed by atoms with Gasteiger partial charge >= 0.3 is 0 Å². The van der Waals surface area contributed by atoms with Gasteiger partial charge in [0.15, 0.2) is 8.68 Å². The number of hydrogen-bond acceptors (Lipinski definition) is 5. The summed E-state index contributed by atoms with van der Waals surface area (Å²) in [6.45, 7) is 3.82. The molecule has 1 saturated heterocycles. The smallest absolute Gasteiger partial charge is 0.254 e. The Balaban J connectivity index is 2.34. The van der Waals surface area contributed by atoms with E-state index in [9.17, 15) is 13.5 Å². The zero-order chi connectivity index (χ0) is 13.6. The summed E-state index contributed by atoms with van der Waals surface area (Å²) in [5.41, 5.74) is -0.552. The van der Waals surface area contributed by atoms with Crippen LogP contribution >= 0.6 is 22.9 Å². The highest BCUT2D eigenvalue weighted by atomic mass is 35.5. The zero-order valence-corrected chi connectivity index (χ0v) is 12.6. The van der Waals surface area contributed by atoms with Crippen molar-refractivity contribution >= 4 is 33.0 Å². The Morgan fingerprint density at radius 3 is 2.72 bits per heavy atom. The Kier molecular flexibility index (Phi) is 3.72. The number of halogens is 1. The Morgan fingerprint density at radius 1 is 1.56 bits per heavy atom. The molecule has 0 aromatic carbocycles. The minimum Gasteiger partial charge on any atom is -0.389 e. The number of β-amino-alcohol motifs (C(OH)–C–C–N with tert-alkyl or cyclic N) is 1. The van der Waals surface area contributed by atoms with Crippen LogP contribution in [0.3, 0.4) is 0 Å². The quantitative estimate of drug-likeness (QED) is 0.901. The van der Waals surface area contributed by atoms with Crippen LogP contribution in [0, 0.1) is 6.92 Å². The van der Waals surface area contributed by atoms with Crippen molar-refractivity contribution < 1.29 is 13.5 Å². The van der Waals surface area contributed by atoms with Crippen molar-refractivity contribution in [3.63, 3.8) is 0 Å². The van der Waals surface area contributed by atoms with Gasteiger partial charge in [-0.15, -0.1) is 0 Å². The molecule has 1 aromatic heterocycles. The molecule has 0 aliphatic carbocycles. The number of aliphatic hydroxyl groups is 1. The average molecular weight is 311 g/mol. The van der Waals surface area contributed by atoms with E-state index in [2.05, 4.69) is 4.98 Å². The van der Waals surface area contributed by atoms with Gasteiger partial charge in [-0.1, -0.05) is 22.9 Å². The van der Waals surface area contributed by atoms with E-state index in [-0.39, 0.29) is 15.2 Å². The predicted octanol–water partition coefficient (Wildman–Crippen LogP) is 1.64. The lowest BCUT2D eigenvalue weighted by molar-refractivity contribution is 0.00943. The second-order valence-electron chi connectivity index (χ2n) is 4.78. The highest BCUT2D eigenvalue weighted by molar-refractivity contribution is 7.91. The molecule has 0 amide bonds. The lowest BCUT2D eigenvalue weighted by atomic mass is 9.97. The fraction of sp³-hybridized carbons (Fsp3) is 0.700. The molecule has 2 rings (SSSR count). The minimum atomic E-state index is -3.60. The van der Waals surface area contributed by atoms with Gasteiger partial charge in [0.05, 0.1) is 11.3 Å². The van der Waals surface area contributed by atoms with Gasteiger partial charge in [-0.05, 0) is 26.7 Å². The molecule has 1 aromatic rings. The second kappa shape index (κ2) is 4.72. The minimum absolute atomic E-state index is 0.115. The summed E-state index contributed by atoms with van der Waals surface area (Å²) in [4.78, 5) is 3.92. The number of sulfonamides is 1. The molecule has 5 nitrogen and oxygen atoms in total. The Hall–Kier alpha value is -0.210. The Morgan fingerprint density at radius 2 is 2.22 bits per heavy atom. The van der Waals surface area contributed by atoms with Gasteiger partial charge in [0, 0.05) is 13.1 Å². The van der Waals surface area contributed by atoms with Gasteiger partial charge in [0.25, 0.3) is 10.0 Å². The maximum absolute atomic E-state index is 12.4. The maximum atomic E-state index is 12.4. The van der Waals surface area contributed by atoms with Crippen molar-refractivity contribution in [1.82, 2.24) is 9.29 Å². The summed E-state index contributed by atoms with van der Waals surface area (Å²) >= 11 is 6.70. The molecule has 0 spiro atoms. The maximum Gasteiger partial charge on any atom is 0.254 e. The molecule has 1 atom stereocenters. The molecule has 8 heteroatoms. The van der Waals surface area contributed by atoms with Gasteiger partial charge in [0.1, 0.15) is 0 Å². The molecule has 1 fully saturated rings. The molecular formula is C10H15ClN2O3S2. The van der Waals surface area contributed by atoms with Crippen LogP contribution in [0.1, 0.15) is 25.5 Å². The standard InChI is InChI=1S/C10H15ClN2O3S2/c1-7-8(17-9(11)12-7)18(15,16)13-5-3-4-10(2,14)6-13/h14H,3-6H2,1-2H3. The molecule has 1 aliphatic heterocycles. The molecule has 0 bridgehead atoms. The summed E-state index contributed by atoms with van der Waals surface area (Å²) in [7, 11) is -3.60. The first kappa shape index (κ1) is 14.2. The largest absolute Gasteiger partial charge is 0.389 e.